The summed E-state index contributed by atoms with van der Waals surface area (Å²) in [7, 11) is 0. The highest BCUT2D eigenvalue weighted by Crippen LogP contribution is 2.11. The van der Waals surface area contributed by atoms with Gasteiger partial charge in [-0.05, 0) is 12.5 Å². The number of hydrogen-bond donors (Lipinski definition) is 1. The molecule has 4 nitrogen and oxygen atoms in total. The summed E-state index contributed by atoms with van der Waals surface area (Å²) in [6, 6.07) is 10.1. The van der Waals surface area contributed by atoms with Crippen LogP contribution in [0.3, 0.4) is 0 Å². The molecule has 0 bridgehead atoms. The Balaban J connectivity index is 1.88. The first kappa shape index (κ1) is 13.8. The van der Waals surface area contributed by atoms with Gasteiger partial charge < -0.3 is 10.5 Å². The molecule has 2 N–H and O–H groups in total. The Morgan fingerprint density at radius 3 is 2.84 bits per heavy atom. The molecule has 0 radical (unpaired) electrons. The molecule has 1 aromatic rings. The minimum Gasteiger partial charge on any atom is -0.367 e. The van der Waals surface area contributed by atoms with Crippen LogP contribution >= 0.6 is 0 Å². The number of nitrogens with zero attached hydrogens (tertiary/aromatic N) is 1. The molecule has 1 aliphatic heterocycles. The van der Waals surface area contributed by atoms with Crippen molar-refractivity contribution in [1.29, 1.82) is 0 Å². The summed E-state index contributed by atoms with van der Waals surface area (Å²) < 4.78 is 5.50. The Labute approximate surface area is 113 Å². The van der Waals surface area contributed by atoms with Crippen LogP contribution in [0.5, 0.6) is 0 Å². The van der Waals surface area contributed by atoms with Crippen LogP contribution in [0.25, 0.3) is 6.08 Å². The molecule has 4 heteroatoms. The Morgan fingerprint density at radius 2 is 2.16 bits per heavy atom. The second-order valence-corrected chi connectivity index (χ2v) is 4.87. The molecule has 1 amide bonds. The van der Waals surface area contributed by atoms with Crippen LogP contribution in [0.4, 0.5) is 0 Å². The van der Waals surface area contributed by atoms with Gasteiger partial charge in [-0.1, -0.05) is 42.5 Å². The maximum atomic E-state index is 11.2. The molecule has 0 aliphatic carbocycles. The lowest BCUT2D eigenvalue weighted by atomic mass is 10.2. The number of primary amides is 1. The van der Waals surface area contributed by atoms with Crippen molar-refractivity contribution in [1.82, 2.24) is 4.90 Å². The summed E-state index contributed by atoms with van der Waals surface area (Å²) in [6.07, 6.45) is 3.73. The lowest BCUT2D eigenvalue weighted by Gasteiger charge is -2.34. The maximum Gasteiger partial charge on any atom is 0.247 e. The second kappa shape index (κ2) is 6.50. The monoisotopic (exact) mass is 260 g/mol. The highest BCUT2D eigenvalue weighted by molar-refractivity contribution is 5.79. The fourth-order valence-corrected chi connectivity index (χ4v) is 2.25. The van der Waals surface area contributed by atoms with E-state index < -0.39 is 6.10 Å². The van der Waals surface area contributed by atoms with Crippen LogP contribution in [-0.2, 0) is 9.53 Å². The van der Waals surface area contributed by atoms with Crippen LogP contribution < -0.4 is 5.73 Å². The van der Waals surface area contributed by atoms with E-state index in [9.17, 15) is 4.79 Å². The summed E-state index contributed by atoms with van der Waals surface area (Å²) in [5.41, 5.74) is 6.48. The van der Waals surface area contributed by atoms with Gasteiger partial charge in [0.05, 0.1) is 6.10 Å². The molecule has 0 saturated carbocycles. The van der Waals surface area contributed by atoms with Crippen LogP contribution in [-0.4, -0.2) is 42.6 Å². The van der Waals surface area contributed by atoms with Crippen molar-refractivity contribution < 1.29 is 9.53 Å². The van der Waals surface area contributed by atoms with E-state index in [2.05, 4.69) is 29.2 Å². The standard InChI is InChI=1S/C15H20N2O2/c1-12-10-17(11-14(19-12)15(16)18)9-5-8-13-6-3-2-4-7-13/h2-8,12,14H,9-11H2,1H3,(H2,16,18)/b8-5+/t12-,14?/m1/s1. The van der Waals surface area contributed by atoms with Gasteiger partial charge >= 0.3 is 0 Å². The van der Waals surface area contributed by atoms with Gasteiger partial charge in [0, 0.05) is 19.6 Å². The first-order valence-corrected chi connectivity index (χ1v) is 6.54. The van der Waals surface area contributed by atoms with Crippen molar-refractivity contribution in [2.24, 2.45) is 5.73 Å². The molecule has 1 aromatic carbocycles. The first-order chi connectivity index (χ1) is 9.15. The Kier molecular flexibility index (Phi) is 4.71. The molecule has 19 heavy (non-hydrogen) atoms. The van der Waals surface area contributed by atoms with Gasteiger partial charge in [0.25, 0.3) is 0 Å². The number of hydrogen-bond acceptors (Lipinski definition) is 3. The highest BCUT2D eigenvalue weighted by atomic mass is 16.5. The number of amides is 1. The molecule has 1 unspecified atom stereocenters. The third kappa shape index (κ3) is 4.19. The minimum absolute atomic E-state index is 0.0383. The van der Waals surface area contributed by atoms with Gasteiger partial charge in [-0.25, -0.2) is 0 Å². The fourth-order valence-electron chi connectivity index (χ4n) is 2.25. The third-order valence-electron chi connectivity index (χ3n) is 3.13. The zero-order chi connectivity index (χ0) is 13.7. The number of carbonyl (C=O) groups excluding carboxylic acids is 1. The fraction of sp³-hybridized carbons (Fsp3) is 0.400. The Morgan fingerprint density at radius 1 is 1.42 bits per heavy atom. The van der Waals surface area contributed by atoms with Crippen molar-refractivity contribution in [3.05, 3.63) is 42.0 Å². The van der Waals surface area contributed by atoms with E-state index in [0.29, 0.717) is 6.54 Å². The SMILES string of the molecule is C[C@@H]1CN(C/C=C/c2ccccc2)CC(C(N)=O)O1. The van der Waals surface area contributed by atoms with E-state index in [1.54, 1.807) is 0 Å². The Hall–Kier alpha value is -1.65. The maximum absolute atomic E-state index is 11.2. The molecule has 0 aromatic heterocycles. The molecule has 2 rings (SSSR count). The van der Waals surface area contributed by atoms with Gasteiger partial charge in [0.15, 0.2) is 0 Å². The number of carbonyl (C=O) groups is 1. The molecule has 1 aliphatic rings. The summed E-state index contributed by atoms with van der Waals surface area (Å²) in [5.74, 6) is -0.386. The lowest BCUT2D eigenvalue weighted by molar-refractivity contribution is -0.141. The van der Waals surface area contributed by atoms with Crippen LogP contribution in [0.15, 0.2) is 36.4 Å². The average molecular weight is 260 g/mol. The normalized spacial score (nSPS) is 24.7. The zero-order valence-electron chi connectivity index (χ0n) is 11.2. The van der Waals surface area contributed by atoms with Crippen LogP contribution in [0, 0.1) is 0 Å². The third-order valence-corrected chi connectivity index (χ3v) is 3.13. The molecule has 0 spiro atoms. The van der Waals surface area contributed by atoms with Gasteiger partial charge in [-0.3, -0.25) is 9.69 Å². The Bertz CT molecular complexity index is 445. The molecular weight excluding hydrogens is 240 g/mol. The average Bonchev–Trinajstić information content (AvgIpc) is 2.39. The summed E-state index contributed by atoms with van der Waals surface area (Å²) in [5, 5.41) is 0. The van der Waals surface area contributed by atoms with Crippen LogP contribution in [0.1, 0.15) is 12.5 Å². The van der Waals surface area contributed by atoms with Gasteiger partial charge in [0.2, 0.25) is 5.91 Å². The number of rotatable bonds is 4. The van der Waals surface area contributed by atoms with E-state index >= 15 is 0 Å². The van der Waals surface area contributed by atoms with Crippen molar-refractivity contribution in [2.75, 3.05) is 19.6 Å². The lowest BCUT2D eigenvalue weighted by Crippen LogP contribution is -2.51. The molecule has 1 fully saturated rings. The molecular formula is C15H20N2O2. The van der Waals surface area contributed by atoms with E-state index in [0.717, 1.165) is 13.1 Å². The quantitative estimate of drug-likeness (QED) is 0.887. The van der Waals surface area contributed by atoms with E-state index in [1.807, 2.05) is 25.1 Å². The van der Waals surface area contributed by atoms with E-state index in [4.69, 9.17) is 10.5 Å². The van der Waals surface area contributed by atoms with Crippen molar-refractivity contribution in [3.8, 4) is 0 Å². The van der Waals surface area contributed by atoms with E-state index in [1.165, 1.54) is 5.56 Å². The van der Waals surface area contributed by atoms with Crippen molar-refractivity contribution in [3.63, 3.8) is 0 Å². The molecule has 1 saturated heterocycles. The minimum atomic E-state index is -0.492. The van der Waals surface area contributed by atoms with E-state index in [-0.39, 0.29) is 12.0 Å². The number of nitrogens with two attached hydrogens (primary N) is 1. The van der Waals surface area contributed by atoms with Gasteiger partial charge in [-0.2, -0.15) is 0 Å². The summed E-state index contributed by atoms with van der Waals surface area (Å²) in [6.45, 7) is 4.15. The second-order valence-electron chi connectivity index (χ2n) is 4.87. The smallest absolute Gasteiger partial charge is 0.247 e. The summed E-state index contributed by atoms with van der Waals surface area (Å²) >= 11 is 0. The number of ether oxygens (including phenoxy) is 1. The first-order valence-electron chi connectivity index (χ1n) is 6.54. The molecule has 102 valence electrons. The van der Waals surface area contributed by atoms with Crippen molar-refractivity contribution in [2.45, 2.75) is 19.1 Å². The molecule has 1 heterocycles. The predicted octanol–water partition coefficient (Wildman–Crippen LogP) is 1.27. The summed E-state index contributed by atoms with van der Waals surface area (Å²) in [4.78, 5) is 13.4. The van der Waals surface area contributed by atoms with Gasteiger partial charge in [-0.15, -0.1) is 0 Å². The number of morpholine rings is 1. The predicted molar refractivity (Wildman–Crippen MR) is 75.4 cm³/mol. The van der Waals surface area contributed by atoms with Gasteiger partial charge in [0.1, 0.15) is 6.10 Å². The number of benzene rings is 1. The highest BCUT2D eigenvalue weighted by Gasteiger charge is 2.27. The largest absolute Gasteiger partial charge is 0.367 e. The van der Waals surface area contributed by atoms with Crippen molar-refractivity contribution >= 4 is 12.0 Å². The zero-order valence-corrected chi connectivity index (χ0v) is 11.2. The topological polar surface area (TPSA) is 55.6 Å². The van der Waals surface area contributed by atoms with Crippen LogP contribution in [0.2, 0.25) is 0 Å². The molecule has 2 atom stereocenters.